The number of fused-ring (bicyclic) bond motifs is 1. The normalized spacial score (nSPS) is 11.7. The fourth-order valence-electron chi connectivity index (χ4n) is 1.92. The number of carbonyl (C=O) groups excluding carboxylic acids is 1. The molecule has 0 aliphatic rings. The van der Waals surface area contributed by atoms with Crippen LogP contribution < -0.4 is 0 Å². The van der Waals surface area contributed by atoms with Crippen molar-refractivity contribution in [2.75, 3.05) is 0 Å². The van der Waals surface area contributed by atoms with Crippen LogP contribution in [0.25, 0.3) is 10.9 Å². The lowest BCUT2D eigenvalue weighted by molar-refractivity contribution is 0.00658. The number of aromatic hydroxyl groups is 1. The van der Waals surface area contributed by atoms with Crippen LogP contribution in [0.15, 0.2) is 22.7 Å². The first-order valence-electron chi connectivity index (χ1n) is 6.22. The summed E-state index contributed by atoms with van der Waals surface area (Å²) in [5.41, 5.74) is 0.554. The molecule has 0 atom stereocenters. The van der Waals surface area contributed by atoms with E-state index < -0.39 is 11.6 Å². The number of nitrogens with zero attached hydrogens (tertiary/aromatic N) is 1. The molecule has 0 aliphatic carbocycles. The first kappa shape index (κ1) is 14.8. The third-order valence-electron chi connectivity index (χ3n) is 2.72. The van der Waals surface area contributed by atoms with E-state index >= 15 is 0 Å². The van der Waals surface area contributed by atoms with Gasteiger partial charge in [-0.3, -0.25) is 4.98 Å². The minimum Gasteiger partial charge on any atom is -0.506 e. The van der Waals surface area contributed by atoms with Crippen LogP contribution in [0.5, 0.6) is 5.75 Å². The summed E-state index contributed by atoms with van der Waals surface area (Å²) in [6.45, 7) is 7.02. The Labute approximate surface area is 125 Å². The van der Waals surface area contributed by atoms with Gasteiger partial charge < -0.3 is 9.84 Å². The van der Waals surface area contributed by atoms with Crippen LogP contribution in [0.1, 0.15) is 36.8 Å². The predicted molar refractivity (Wildman–Crippen MR) is 81.0 cm³/mol. The molecule has 0 amide bonds. The van der Waals surface area contributed by atoms with Crippen molar-refractivity contribution < 1.29 is 14.6 Å². The lowest BCUT2D eigenvalue weighted by Gasteiger charge is -2.20. The number of carbonyl (C=O) groups is 1. The van der Waals surface area contributed by atoms with E-state index in [0.717, 1.165) is 4.47 Å². The van der Waals surface area contributed by atoms with Gasteiger partial charge in [0, 0.05) is 9.86 Å². The summed E-state index contributed by atoms with van der Waals surface area (Å²) in [7, 11) is 0. The largest absolute Gasteiger partial charge is 0.506 e. The number of aryl methyl sites for hydroxylation is 1. The minimum absolute atomic E-state index is 0.0944. The average Bonchev–Trinajstić information content (AvgIpc) is 2.28. The summed E-state index contributed by atoms with van der Waals surface area (Å²) in [6.07, 6.45) is 0. The highest BCUT2D eigenvalue weighted by Gasteiger charge is 2.24. The summed E-state index contributed by atoms with van der Waals surface area (Å²) < 4.78 is 6.08. The molecule has 0 aliphatic heterocycles. The highest BCUT2D eigenvalue weighted by molar-refractivity contribution is 9.10. The molecule has 1 aromatic carbocycles. The Morgan fingerprint density at radius 1 is 1.35 bits per heavy atom. The summed E-state index contributed by atoms with van der Waals surface area (Å²) in [5.74, 6) is -0.662. The second-order valence-corrected chi connectivity index (χ2v) is 6.41. The average molecular weight is 338 g/mol. The van der Waals surface area contributed by atoms with Gasteiger partial charge in [-0.2, -0.15) is 0 Å². The molecule has 4 nitrogen and oxygen atoms in total. The Morgan fingerprint density at radius 3 is 2.60 bits per heavy atom. The molecule has 2 aromatic rings. The molecule has 5 heteroatoms. The highest BCUT2D eigenvalue weighted by atomic mass is 79.9. The molecule has 1 N–H and O–H groups in total. The molecule has 0 unspecified atom stereocenters. The van der Waals surface area contributed by atoms with E-state index in [-0.39, 0.29) is 11.3 Å². The zero-order chi connectivity index (χ0) is 15.1. The fraction of sp³-hybridized carbons (Fsp3) is 0.333. The number of aromatic nitrogens is 1. The Bertz CT molecular complexity index is 690. The van der Waals surface area contributed by atoms with Crippen LogP contribution in [0.4, 0.5) is 0 Å². The van der Waals surface area contributed by atoms with Gasteiger partial charge in [0.2, 0.25) is 0 Å². The number of ether oxygens (including phenoxy) is 1. The van der Waals surface area contributed by atoms with Crippen LogP contribution in [0.3, 0.4) is 0 Å². The van der Waals surface area contributed by atoms with Gasteiger partial charge in [0.25, 0.3) is 0 Å². The van der Waals surface area contributed by atoms with Crippen molar-refractivity contribution in [2.24, 2.45) is 0 Å². The van der Waals surface area contributed by atoms with Crippen molar-refractivity contribution in [1.82, 2.24) is 4.98 Å². The zero-order valence-corrected chi connectivity index (χ0v) is 13.4. The number of rotatable bonds is 1. The number of para-hydroxylation sites is 1. The molecule has 20 heavy (non-hydrogen) atoms. The van der Waals surface area contributed by atoms with Crippen LogP contribution in [-0.4, -0.2) is 21.7 Å². The molecule has 0 saturated heterocycles. The Balaban J connectivity index is 2.63. The molecule has 0 fully saturated rings. The number of hydrogen-bond acceptors (Lipinski definition) is 4. The smallest absolute Gasteiger partial charge is 0.344 e. The lowest BCUT2D eigenvalue weighted by atomic mass is 10.1. The van der Waals surface area contributed by atoms with Crippen molar-refractivity contribution in [2.45, 2.75) is 33.3 Å². The van der Waals surface area contributed by atoms with Gasteiger partial charge in [0.1, 0.15) is 16.9 Å². The molecule has 0 radical (unpaired) electrons. The van der Waals surface area contributed by atoms with Gasteiger partial charge in [0.15, 0.2) is 0 Å². The number of pyridine rings is 1. The maximum Gasteiger partial charge on any atom is 0.344 e. The molecule has 0 spiro atoms. The number of hydrogen-bond donors (Lipinski definition) is 1. The Morgan fingerprint density at radius 2 is 2.00 bits per heavy atom. The molecule has 106 valence electrons. The van der Waals surface area contributed by atoms with E-state index in [1.807, 2.05) is 6.07 Å². The first-order chi connectivity index (χ1) is 9.20. The SMILES string of the molecule is Cc1nc2c(Br)cccc2c(O)c1C(=O)OC(C)(C)C. The highest BCUT2D eigenvalue weighted by Crippen LogP contribution is 2.34. The minimum atomic E-state index is -0.623. The van der Waals surface area contributed by atoms with Crippen molar-refractivity contribution >= 4 is 32.8 Å². The molecule has 0 bridgehead atoms. The topological polar surface area (TPSA) is 59.4 Å². The Hall–Kier alpha value is -1.62. The molecule has 1 aromatic heterocycles. The fourth-order valence-corrected chi connectivity index (χ4v) is 2.38. The zero-order valence-electron chi connectivity index (χ0n) is 11.8. The number of halogens is 1. The standard InChI is InChI=1S/C15H16BrNO3/c1-8-11(14(19)20-15(2,3)4)13(18)9-6-5-7-10(16)12(9)17-8/h5-7H,1-4H3,(H,17,18). The van der Waals surface area contributed by atoms with E-state index in [2.05, 4.69) is 20.9 Å². The monoisotopic (exact) mass is 337 g/mol. The van der Waals surface area contributed by atoms with Crippen molar-refractivity contribution in [3.05, 3.63) is 33.9 Å². The predicted octanol–water partition coefficient (Wildman–Crippen LogP) is 3.97. The first-order valence-corrected chi connectivity index (χ1v) is 7.01. The molecular weight excluding hydrogens is 322 g/mol. The number of benzene rings is 1. The molecule has 1 heterocycles. The number of esters is 1. The van der Waals surface area contributed by atoms with Crippen LogP contribution >= 0.6 is 15.9 Å². The second-order valence-electron chi connectivity index (χ2n) is 5.56. The lowest BCUT2D eigenvalue weighted by Crippen LogP contribution is -2.24. The van der Waals surface area contributed by atoms with Gasteiger partial charge >= 0.3 is 5.97 Å². The third-order valence-corrected chi connectivity index (χ3v) is 3.36. The van der Waals surface area contributed by atoms with E-state index in [0.29, 0.717) is 16.6 Å². The summed E-state index contributed by atoms with van der Waals surface area (Å²) in [4.78, 5) is 16.6. The summed E-state index contributed by atoms with van der Waals surface area (Å²) in [5, 5.41) is 10.9. The third kappa shape index (κ3) is 2.77. The van der Waals surface area contributed by atoms with Crippen molar-refractivity contribution in [1.29, 1.82) is 0 Å². The summed E-state index contributed by atoms with van der Waals surface area (Å²) in [6, 6.07) is 5.33. The van der Waals surface area contributed by atoms with Crippen LogP contribution in [0.2, 0.25) is 0 Å². The van der Waals surface area contributed by atoms with E-state index in [1.165, 1.54) is 0 Å². The van der Waals surface area contributed by atoms with Crippen LogP contribution in [0, 0.1) is 6.92 Å². The van der Waals surface area contributed by atoms with Gasteiger partial charge in [-0.15, -0.1) is 0 Å². The van der Waals surface area contributed by atoms with E-state index in [9.17, 15) is 9.90 Å². The van der Waals surface area contributed by atoms with E-state index in [4.69, 9.17) is 4.74 Å². The van der Waals surface area contributed by atoms with Gasteiger partial charge in [-0.25, -0.2) is 4.79 Å². The van der Waals surface area contributed by atoms with Gasteiger partial charge in [-0.1, -0.05) is 6.07 Å². The quantitative estimate of drug-likeness (QED) is 0.800. The van der Waals surface area contributed by atoms with Crippen LogP contribution in [-0.2, 0) is 4.74 Å². The molecule has 0 saturated carbocycles. The molecule has 2 rings (SSSR count). The second kappa shape index (κ2) is 5.05. The Kier molecular flexibility index (Phi) is 3.73. The van der Waals surface area contributed by atoms with E-state index in [1.54, 1.807) is 39.8 Å². The maximum atomic E-state index is 12.2. The van der Waals surface area contributed by atoms with Gasteiger partial charge in [0.05, 0.1) is 11.2 Å². The maximum absolute atomic E-state index is 12.2. The summed E-state index contributed by atoms with van der Waals surface area (Å²) >= 11 is 3.39. The van der Waals surface area contributed by atoms with Gasteiger partial charge in [-0.05, 0) is 55.8 Å². The molecular formula is C15H16BrNO3. The van der Waals surface area contributed by atoms with Crippen molar-refractivity contribution in [3.8, 4) is 5.75 Å². The van der Waals surface area contributed by atoms with Crippen molar-refractivity contribution in [3.63, 3.8) is 0 Å².